The summed E-state index contributed by atoms with van der Waals surface area (Å²) in [5, 5.41) is 16.0. The van der Waals surface area contributed by atoms with Gasteiger partial charge in [-0.25, -0.2) is 14.5 Å². The minimum atomic E-state index is -1.53. The van der Waals surface area contributed by atoms with E-state index in [9.17, 15) is 14.4 Å². The van der Waals surface area contributed by atoms with Crippen molar-refractivity contribution in [3.05, 3.63) is 17.8 Å². The molecule has 2 N–H and O–H groups in total. The fraction of sp³-hybridized carbons (Fsp3) is 0.500. The van der Waals surface area contributed by atoms with E-state index >= 15 is 0 Å². The minimum Gasteiger partial charge on any atom is -0.372 e. The van der Waals surface area contributed by atoms with Crippen molar-refractivity contribution in [1.82, 2.24) is 35.8 Å². The largest absolute Gasteiger partial charge is 0.372 e. The molecule has 1 spiro atoms. The third-order valence-electron chi connectivity index (χ3n) is 6.01. The van der Waals surface area contributed by atoms with Gasteiger partial charge in [-0.15, -0.1) is 5.10 Å². The molecule has 0 unspecified atom stereocenters. The van der Waals surface area contributed by atoms with Crippen LogP contribution in [0.4, 0.5) is 10.6 Å². The van der Waals surface area contributed by atoms with Crippen molar-refractivity contribution >= 4 is 23.7 Å². The van der Waals surface area contributed by atoms with Crippen molar-refractivity contribution in [3.63, 3.8) is 0 Å². The lowest BCUT2D eigenvalue weighted by molar-refractivity contribution is -0.153. The monoisotopic (exact) mass is 412 g/mol. The smallest absolute Gasteiger partial charge is 0.328 e. The van der Waals surface area contributed by atoms with Gasteiger partial charge >= 0.3 is 6.03 Å². The van der Waals surface area contributed by atoms with E-state index < -0.39 is 35.4 Å². The van der Waals surface area contributed by atoms with Crippen LogP contribution in [0.3, 0.4) is 0 Å². The molecule has 3 aliphatic heterocycles. The van der Waals surface area contributed by atoms with E-state index in [1.165, 1.54) is 4.68 Å². The van der Waals surface area contributed by atoms with Gasteiger partial charge in [0, 0.05) is 31.8 Å². The highest BCUT2D eigenvalue weighted by Gasteiger charge is 2.63. The summed E-state index contributed by atoms with van der Waals surface area (Å²) in [6.07, 6.45) is 1.19. The number of carbonyl (C=O) groups is 3. The van der Waals surface area contributed by atoms with Crippen molar-refractivity contribution in [2.75, 3.05) is 11.4 Å². The van der Waals surface area contributed by atoms with E-state index in [0.29, 0.717) is 29.3 Å². The molecule has 4 amide bonds. The van der Waals surface area contributed by atoms with Gasteiger partial charge in [-0.3, -0.25) is 20.2 Å². The predicted octanol–water partition coefficient (Wildman–Crippen LogP) is -0.837. The topological polar surface area (TPSA) is 144 Å². The van der Waals surface area contributed by atoms with Crippen LogP contribution in [-0.4, -0.2) is 67.8 Å². The number of imide groups is 2. The van der Waals surface area contributed by atoms with Gasteiger partial charge in [-0.1, -0.05) is 0 Å². The first-order chi connectivity index (χ1) is 14.3. The number of hydrogen-bond donors (Lipinski definition) is 2. The molecule has 30 heavy (non-hydrogen) atoms. The molecule has 5 rings (SSSR count). The maximum absolute atomic E-state index is 13.1. The van der Waals surface area contributed by atoms with E-state index in [-0.39, 0.29) is 12.5 Å². The standard InChI is InChI=1S/C18H20N8O4/c1-8-7-26-12(9(2)30-8)18(15(27)20-17(29)21-16(18)28)5-10-4-11(6-19-13(10)26)14-22-23-24-25(14)3/h4,6,8-9,12H,5,7H2,1-3H3,(H2,20,21,27,28,29)/t8-,9-,12+/m1/s1. The number of aromatic nitrogens is 5. The predicted molar refractivity (Wildman–Crippen MR) is 101 cm³/mol. The zero-order valence-corrected chi connectivity index (χ0v) is 16.6. The second-order valence-corrected chi connectivity index (χ2v) is 7.97. The number of urea groups is 1. The Labute approximate surface area is 171 Å². The van der Waals surface area contributed by atoms with Gasteiger partial charge in [-0.2, -0.15) is 0 Å². The average Bonchev–Trinajstić information content (AvgIpc) is 3.11. The first-order valence-corrected chi connectivity index (χ1v) is 9.62. The van der Waals surface area contributed by atoms with Gasteiger partial charge in [0.2, 0.25) is 11.8 Å². The summed E-state index contributed by atoms with van der Waals surface area (Å²) >= 11 is 0. The van der Waals surface area contributed by atoms with Crippen LogP contribution >= 0.6 is 0 Å². The second kappa shape index (κ2) is 6.29. The molecule has 2 saturated heterocycles. The molecule has 0 bridgehead atoms. The van der Waals surface area contributed by atoms with Gasteiger partial charge in [-0.05, 0) is 35.9 Å². The van der Waals surface area contributed by atoms with Crippen LogP contribution < -0.4 is 15.5 Å². The number of tetrazole rings is 1. The summed E-state index contributed by atoms with van der Waals surface area (Å²) in [5.41, 5.74) is -0.163. The number of pyridine rings is 1. The molecule has 2 aromatic rings. The highest BCUT2D eigenvalue weighted by molar-refractivity contribution is 6.20. The molecular weight excluding hydrogens is 392 g/mol. The molecule has 156 valence electrons. The molecule has 0 aromatic carbocycles. The number of rotatable bonds is 1. The molecule has 3 atom stereocenters. The number of nitrogens with zero attached hydrogens (tertiary/aromatic N) is 6. The van der Waals surface area contributed by atoms with Gasteiger partial charge in [0.25, 0.3) is 0 Å². The normalized spacial score (nSPS) is 27.4. The lowest BCUT2D eigenvalue weighted by Gasteiger charge is -2.54. The third-order valence-corrected chi connectivity index (χ3v) is 6.01. The number of morpholine rings is 1. The SMILES string of the molecule is C[C@@H]1CN2c3ncc(-c4nnnn4C)cc3CC3(C(=O)NC(=O)NC3=O)[C@@H]2[C@@H](C)O1. The summed E-state index contributed by atoms with van der Waals surface area (Å²) in [4.78, 5) is 44.6. The second-order valence-electron chi connectivity index (χ2n) is 7.97. The Bertz CT molecular complexity index is 1060. The van der Waals surface area contributed by atoms with E-state index in [1.54, 1.807) is 13.2 Å². The molecule has 0 radical (unpaired) electrons. The number of carbonyl (C=O) groups excluding carboxylic acids is 3. The molecule has 2 fully saturated rings. The van der Waals surface area contributed by atoms with E-state index in [1.807, 2.05) is 24.8 Å². The Balaban J connectivity index is 1.69. The number of fused-ring (bicyclic) bond motifs is 4. The van der Waals surface area contributed by atoms with Crippen LogP contribution in [-0.2, 0) is 27.8 Å². The molecule has 12 heteroatoms. The quantitative estimate of drug-likeness (QED) is 0.573. The first-order valence-electron chi connectivity index (χ1n) is 9.62. The Kier molecular flexibility index (Phi) is 3.90. The average molecular weight is 412 g/mol. The van der Waals surface area contributed by atoms with Crippen molar-refractivity contribution in [3.8, 4) is 11.4 Å². The molecule has 0 saturated carbocycles. The highest BCUT2D eigenvalue weighted by Crippen LogP contribution is 2.46. The van der Waals surface area contributed by atoms with Crippen molar-refractivity contribution < 1.29 is 19.1 Å². The molecular formula is C18H20N8O4. The van der Waals surface area contributed by atoms with Crippen LogP contribution in [0.1, 0.15) is 19.4 Å². The zero-order chi connectivity index (χ0) is 21.2. The van der Waals surface area contributed by atoms with Gasteiger partial charge < -0.3 is 9.64 Å². The minimum absolute atomic E-state index is 0.0721. The molecule has 3 aliphatic rings. The maximum atomic E-state index is 13.1. The third kappa shape index (κ3) is 2.46. The lowest BCUT2D eigenvalue weighted by Crippen LogP contribution is -2.75. The van der Waals surface area contributed by atoms with Crippen LogP contribution in [0.15, 0.2) is 12.3 Å². The number of amides is 4. The van der Waals surface area contributed by atoms with Crippen LogP contribution in [0.2, 0.25) is 0 Å². The fourth-order valence-electron chi connectivity index (χ4n) is 4.90. The van der Waals surface area contributed by atoms with Crippen molar-refractivity contribution in [2.24, 2.45) is 12.5 Å². The maximum Gasteiger partial charge on any atom is 0.328 e. The number of hydrogen-bond acceptors (Lipinski definition) is 9. The summed E-state index contributed by atoms with van der Waals surface area (Å²) in [6.45, 7) is 4.21. The van der Waals surface area contributed by atoms with Gasteiger partial charge in [0.05, 0.1) is 18.2 Å². The van der Waals surface area contributed by atoms with Crippen molar-refractivity contribution in [2.45, 2.75) is 38.5 Å². The van der Waals surface area contributed by atoms with E-state index in [4.69, 9.17) is 4.74 Å². The van der Waals surface area contributed by atoms with Crippen LogP contribution in [0, 0.1) is 5.41 Å². The Hall–Kier alpha value is -3.41. The van der Waals surface area contributed by atoms with Crippen molar-refractivity contribution in [1.29, 1.82) is 0 Å². The van der Waals surface area contributed by atoms with E-state index in [0.717, 1.165) is 0 Å². The van der Waals surface area contributed by atoms with Crippen LogP contribution in [0.25, 0.3) is 11.4 Å². The molecule has 0 aliphatic carbocycles. The summed E-state index contributed by atoms with van der Waals surface area (Å²) in [6, 6.07) is 0.417. The highest BCUT2D eigenvalue weighted by atomic mass is 16.5. The number of barbiturate groups is 1. The number of nitrogens with one attached hydrogen (secondary N) is 2. The number of aryl methyl sites for hydroxylation is 1. The summed E-state index contributed by atoms with van der Waals surface area (Å²) < 4.78 is 7.49. The zero-order valence-electron chi connectivity index (χ0n) is 16.6. The van der Waals surface area contributed by atoms with Gasteiger partial charge in [0.15, 0.2) is 11.2 Å². The number of ether oxygens (including phenoxy) is 1. The summed E-state index contributed by atoms with van der Waals surface area (Å²) in [7, 11) is 1.71. The fourth-order valence-corrected chi connectivity index (χ4v) is 4.90. The lowest BCUT2D eigenvalue weighted by atomic mass is 9.67. The summed E-state index contributed by atoms with van der Waals surface area (Å²) in [5.74, 6) is -0.0674. The Morgan fingerprint density at radius 3 is 2.60 bits per heavy atom. The van der Waals surface area contributed by atoms with Crippen LogP contribution in [0.5, 0.6) is 0 Å². The molecule has 5 heterocycles. The Morgan fingerprint density at radius 2 is 1.93 bits per heavy atom. The Morgan fingerprint density at radius 1 is 1.20 bits per heavy atom. The van der Waals surface area contributed by atoms with Gasteiger partial charge in [0.1, 0.15) is 5.82 Å². The van der Waals surface area contributed by atoms with E-state index in [2.05, 4.69) is 31.1 Å². The number of anilines is 1. The first kappa shape index (κ1) is 18.6. The molecule has 12 nitrogen and oxygen atoms in total. The molecule has 2 aromatic heterocycles.